The van der Waals surface area contributed by atoms with Gasteiger partial charge in [0.25, 0.3) is 0 Å². The second-order valence-electron chi connectivity index (χ2n) is 2.92. The Kier molecular flexibility index (Phi) is 3.99. The highest BCUT2D eigenvalue weighted by Crippen LogP contribution is 2.30. The molecule has 0 aromatic carbocycles. The quantitative estimate of drug-likeness (QED) is 0.694. The van der Waals surface area contributed by atoms with Crippen LogP contribution in [0.5, 0.6) is 0 Å². The van der Waals surface area contributed by atoms with Crippen LogP contribution in [0.25, 0.3) is 0 Å². The van der Waals surface area contributed by atoms with E-state index in [0.29, 0.717) is 0 Å². The van der Waals surface area contributed by atoms with Crippen LogP contribution >= 0.6 is 0 Å². The fourth-order valence-corrected chi connectivity index (χ4v) is 3.75. The van der Waals surface area contributed by atoms with Crippen molar-refractivity contribution in [2.75, 3.05) is 5.75 Å². The van der Waals surface area contributed by atoms with Crippen LogP contribution in [0.2, 0.25) is 0 Å². The zero-order valence-corrected chi connectivity index (χ0v) is 9.73. The molecular weight excluding hydrogens is 251 g/mol. The Morgan fingerprint density at radius 1 is 1.33 bits per heavy atom. The highest BCUT2D eigenvalue weighted by Gasteiger charge is 2.55. The van der Waals surface area contributed by atoms with Crippen LogP contribution in [0.15, 0.2) is 0 Å². The van der Waals surface area contributed by atoms with Gasteiger partial charge in [-0.15, -0.1) is 0 Å². The molecule has 0 amide bonds. The average Bonchev–Trinajstić information content (AvgIpc) is 2.00. The zero-order chi connectivity index (χ0) is 12.5. The van der Waals surface area contributed by atoms with Gasteiger partial charge in [-0.1, -0.05) is 6.92 Å². The fraction of sp³-hybridized carbons (Fsp3) is 0.833. The maximum atomic E-state index is 13.7. The molecule has 15 heavy (non-hydrogen) atoms. The van der Waals surface area contributed by atoms with Crippen molar-refractivity contribution in [2.45, 2.75) is 24.6 Å². The number of hydrogen-bond donors (Lipinski definition) is 1. The van der Waals surface area contributed by atoms with Gasteiger partial charge in [0.2, 0.25) is 9.84 Å². The van der Waals surface area contributed by atoms with E-state index in [1.54, 1.807) is 0 Å². The molecule has 0 aliphatic rings. The largest absolute Gasteiger partial charge is 0.340 e. The first-order valence-electron chi connectivity index (χ1n) is 3.85. The topological polar surface area (TPSA) is 106 Å². The SMILES string of the molecule is CCS(=O)(=O)C(F)(CC(C)=O)S(=O)(=O)O. The van der Waals surface area contributed by atoms with Crippen LogP contribution in [-0.2, 0) is 24.7 Å². The van der Waals surface area contributed by atoms with Crippen LogP contribution in [0.4, 0.5) is 4.39 Å². The Hall–Kier alpha value is -0.540. The highest BCUT2D eigenvalue weighted by molar-refractivity contribution is 8.07. The summed E-state index contributed by atoms with van der Waals surface area (Å²) < 4.78 is 61.8. The molecule has 0 saturated carbocycles. The third-order valence-electron chi connectivity index (χ3n) is 1.69. The number of alkyl halides is 1. The number of hydrogen-bond acceptors (Lipinski definition) is 5. The minimum absolute atomic E-state index is 0.824. The standard InChI is InChI=1S/C6H11FO6S2/c1-3-14(9,10)6(7,4-5(2)8)15(11,12)13/h3-4H2,1-2H3,(H,11,12,13). The number of Topliss-reactive ketones (excluding diaryl/α,β-unsaturated/α-hetero) is 1. The highest BCUT2D eigenvalue weighted by atomic mass is 32.3. The van der Waals surface area contributed by atoms with Crippen molar-refractivity contribution < 1.29 is 30.6 Å². The molecule has 0 fully saturated rings. The Bertz CT molecular complexity index is 450. The van der Waals surface area contributed by atoms with Crippen LogP contribution in [-0.4, -0.2) is 37.3 Å². The second kappa shape index (κ2) is 4.14. The van der Waals surface area contributed by atoms with Gasteiger partial charge in [-0.2, -0.15) is 8.42 Å². The van der Waals surface area contributed by atoms with Gasteiger partial charge >= 0.3 is 14.5 Å². The van der Waals surface area contributed by atoms with E-state index in [0.717, 1.165) is 13.8 Å². The van der Waals surface area contributed by atoms with E-state index < -0.39 is 42.2 Å². The van der Waals surface area contributed by atoms with Crippen molar-refractivity contribution in [3.63, 3.8) is 0 Å². The fourth-order valence-electron chi connectivity index (χ4n) is 0.875. The van der Waals surface area contributed by atoms with E-state index in [1.165, 1.54) is 0 Å². The lowest BCUT2D eigenvalue weighted by Gasteiger charge is -2.19. The minimum Gasteiger partial charge on any atom is -0.300 e. The summed E-state index contributed by atoms with van der Waals surface area (Å²) in [6.45, 7) is 1.83. The number of rotatable bonds is 5. The second-order valence-corrected chi connectivity index (χ2v) is 7.23. The Balaban J connectivity index is 5.75. The Labute approximate surface area is 87.1 Å². The first-order valence-corrected chi connectivity index (χ1v) is 6.95. The first-order chi connectivity index (χ1) is 6.48. The molecule has 0 radical (unpaired) electrons. The number of sulfone groups is 1. The molecule has 1 N–H and O–H groups in total. The molecule has 0 bridgehead atoms. The molecule has 0 spiro atoms. The normalized spacial score (nSPS) is 17.1. The van der Waals surface area contributed by atoms with E-state index in [4.69, 9.17) is 4.55 Å². The number of ketones is 1. The lowest BCUT2D eigenvalue weighted by Crippen LogP contribution is -2.44. The summed E-state index contributed by atoms with van der Waals surface area (Å²) in [4.78, 5) is 10.6. The summed E-state index contributed by atoms with van der Waals surface area (Å²) >= 11 is 0. The van der Waals surface area contributed by atoms with Crippen LogP contribution in [0, 0.1) is 0 Å². The molecule has 1 unspecified atom stereocenters. The van der Waals surface area contributed by atoms with Gasteiger partial charge in [0.15, 0.2) is 0 Å². The molecule has 90 valence electrons. The van der Waals surface area contributed by atoms with Gasteiger partial charge < -0.3 is 0 Å². The molecule has 0 aliphatic heterocycles. The van der Waals surface area contributed by atoms with Crippen molar-refractivity contribution in [1.29, 1.82) is 0 Å². The van der Waals surface area contributed by atoms with Gasteiger partial charge in [0, 0.05) is 0 Å². The Morgan fingerprint density at radius 2 is 1.73 bits per heavy atom. The van der Waals surface area contributed by atoms with Crippen molar-refractivity contribution in [1.82, 2.24) is 0 Å². The monoisotopic (exact) mass is 262 g/mol. The summed E-state index contributed by atoms with van der Waals surface area (Å²) in [6.07, 6.45) is -1.41. The van der Waals surface area contributed by atoms with Crippen LogP contribution in [0.3, 0.4) is 0 Å². The summed E-state index contributed by atoms with van der Waals surface area (Å²) in [7, 11) is -10.2. The molecule has 0 saturated heterocycles. The molecule has 0 aromatic heterocycles. The average molecular weight is 262 g/mol. The van der Waals surface area contributed by atoms with Gasteiger partial charge in [-0.05, 0) is 6.92 Å². The molecule has 0 aliphatic carbocycles. The van der Waals surface area contributed by atoms with Crippen molar-refractivity contribution in [3.05, 3.63) is 0 Å². The summed E-state index contributed by atoms with van der Waals surface area (Å²) in [6, 6.07) is 0. The van der Waals surface area contributed by atoms with E-state index in [1.807, 2.05) is 0 Å². The van der Waals surface area contributed by atoms with E-state index in [9.17, 15) is 26.0 Å². The number of carbonyl (C=O) groups is 1. The zero-order valence-electron chi connectivity index (χ0n) is 8.10. The van der Waals surface area contributed by atoms with Crippen LogP contribution < -0.4 is 0 Å². The summed E-state index contributed by atoms with van der Waals surface area (Å²) in [5, 5.41) is 0. The van der Waals surface area contributed by atoms with Gasteiger partial charge in [-0.3, -0.25) is 9.35 Å². The molecule has 6 nitrogen and oxygen atoms in total. The first kappa shape index (κ1) is 14.5. The van der Waals surface area contributed by atoms with Crippen molar-refractivity contribution in [3.8, 4) is 0 Å². The lowest BCUT2D eigenvalue weighted by molar-refractivity contribution is -0.117. The van der Waals surface area contributed by atoms with Gasteiger partial charge in [-0.25, -0.2) is 12.8 Å². The van der Waals surface area contributed by atoms with Gasteiger partial charge in [0.05, 0.1) is 12.2 Å². The molecular formula is C6H11FO6S2. The number of halogens is 1. The van der Waals surface area contributed by atoms with E-state index >= 15 is 0 Å². The lowest BCUT2D eigenvalue weighted by atomic mass is 10.3. The smallest absolute Gasteiger partial charge is 0.300 e. The molecule has 9 heteroatoms. The van der Waals surface area contributed by atoms with Crippen molar-refractivity contribution >= 4 is 25.7 Å². The predicted molar refractivity (Wildman–Crippen MR) is 50.1 cm³/mol. The van der Waals surface area contributed by atoms with Gasteiger partial charge in [0.1, 0.15) is 5.78 Å². The molecule has 0 aromatic rings. The maximum absolute atomic E-state index is 13.7. The minimum atomic E-state index is -5.50. The Morgan fingerprint density at radius 3 is 1.93 bits per heavy atom. The third kappa shape index (κ3) is 2.73. The van der Waals surface area contributed by atoms with Crippen molar-refractivity contribution in [2.24, 2.45) is 0 Å². The predicted octanol–water partition coefficient (Wildman–Crippen LogP) is -0.0887. The molecule has 0 heterocycles. The third-order valence-corrected chi connectivity index (χ3v) is 5.83. The molecule has 0 rings (SSSR count). The molecule has 1 atom stereocenters. The van der Waals surface area contributed by atoms with Crippen LogP contribution in [0.1, 0.15) is 20.3 Å². The van der Waals surface area contributed by atoms with E-state index in [-0.39, 0.29) is 0 Å². The maximum Gasteiger partial charge on any atom is 0.340 e. The summed E-state index contributed by atoms with van der Waals surface area (Å²) in [5.74, 6) is -1.83. The summed E-state index contributed by atoms with van der Waals surface area (Å²) in [5.41, 5.74) is 0. The number of carbonyl (C=O) groups excluding carboxylic acids is 1. The van der Waals surface area contributed by atoms with E-state index in [2.05, 4.69) is 0 Å².